The minimum absolute atomic E-state index is 0.195. The lowest BCUT2D eigenvalue weighted by Crippen LogP contribution is -2.38. The highest BCUT2D eigenvalue weighted by Crippen LogP contribution is 2.70. The van der Waals surface area contributed by atoms with Gasteiger partial charge >= 0.3 is 0 Å². The molecule has 0 aliphatic carbocycles. The van der Waals surface area contributed by atoms with Crippen LogP contribution in [0.4, 0.5) is 17.1 Å². The first kappa shape index (κ1) is 24.2. The summed E-state index contributed by atoms with van der Waals surface area (Å²) in [6, 6.07) is 27.8. The first-order valence-corrected chi connectivity index (χ1v) is 14.6. The van der Waals surface area contributed by atoms with Crippen molar-refractivity contribution in [2.24, 2.45) is 9.85 Å². The van der Waals surface area contributed by atoms with Gasteiger partial charge in [0.2, 0.25) is 0 Å². The van der Waals surface area contributed by atoms with E-state index in [9.17, 15) is 0 Å². The molecule has 0 radical (unpaired) electrons. The van der Waals surface area contributed by atoms with E-state index in [-0.39, 0.29) is 5.41 Å². The number of benzene rings is 3. The van der Waals surface area contributed by atoms with Gasteiger partial charge in [0.1, 0.15) is 0 Å². The van der Waals surface area contributed by atoms with Crippen molar-refractivity contribution in [2.45, 2.75) is 26.2 Å². The summed E-state index contributed by atoms with van der Waals surface area (Å²) < 4.78 is 16.3. The summed E-state index contributed by atoms with van der Waals surface area (Å²) in [6.07, 6.45) is 2.09. The molecule has 1 unspecified atom stereocenters. The van der Waals surface area contributed by atoms with Gasteiger partial charge in [-0.1, -0.05) is 67.9 Å². The summed E-state index contributed by atoms with van der Waals surface area (Å²) in [5, 5.41) is 6.34. The van der Waals surface area contributed by atoms with Gasteiger partial charge in [-0.05, 0) is 42.8 Å². The van der Waals surface area contributed by atoms with E-state index < -0.39 is 7.36 Å². The fourth-order valence-electron chi connectivity index (χ4n) is 5.84. The molecule has 0 N–H and O–H groups in total. The summed E-state index contributed by atoms with van der Waals surface area (Å²) in [4.78, 5) is 2.37. The Morgan fingerprint density at radius 3 is 2.27 bits per heavy atom. The zero-order chi connectivity index (χ0) is 25.6. The van der Waals surface area contributed by atoms with E-state index in [1.807, 2.05) is 0 Å². The number of ether oxygens (including phenoxy) is 1. The maximum Gasteiger partial charge on any atom is 0.180 e. The number of hydrogen-bond acceptors (Lipinski definition) is 4. The van der Waals surface area contributed by atoms with E-state index in [0.29, 0.717) is 13.2 Å². The number of para-hydroxylation sites is 2. The Hall–Kier alpha value is -3.18. The van der Waals surface area contributed by atoms with Gasteiger partial charge in [-0.3, -0.25) is 0 Å². The smallest absolute Gasteiger partial charge is 0.180 e. The van der Waals surface area contributed by atoms with Crippen molar-refractivity contribution in [3.8, 4) is 0 Å². The first-order chi connectivity index (χ1) is 17.9. The van der Waals surface area contributed by atoms with Gasteiger partial charge in [-0.25, -0.2) is 14.2 Å². The number of allylic oxidation sites excluding steroid dienone is 2. The average molecular weight is 512 g/mol. The van der Waals surface area contributed by atoms with Gasteiger partial charge in [0.25, 0.3) is 0 Å². The number of nitrogens with zero attached hydrogens (tertiary/aromatic N) is 5. The van der Waals surface area contributed by atoms with Gasteiger partial charge in [-0.2, -0.15) is 5.10 Å². The molecule has 3 aliphatic rings. The van der Waals surface area contributed by atoms with E-state index in [2.05, 4.69) is 127 Å². The molecular weight excluding hydrogens is 477 g/mol. The minimum atomic E-state index is -2.57. The first-order valence-electron chi connectivity index (χ1n) is 12.9. The fourth-order valence-corrected chi connectivity index (χ4v) is 9.66. The minimum Gasteiger partial charge on any atom is -0.379 e. The summed E-state index contributed by atoms with van der Waals surface area (Å²) in [5.74, 6) is 0. The topological polar surface area (TPSA) is 43.7 Å². The fraction of sp³-hybridized carbons (Fsp3) is 0.300. The third kappa shape index (κ3) is 3.86. The Kier molecular flexibility index (Phi) is 6.07. The predicted octanol–water partition coefficient (Wildman–Crippen LogP) is 7.14. The molecule has 3 aromatic carbocycles. The van der Waals surface area contributed by atoms with Crippen molar-refractivity contribution in [3.63, 3.8) is 0 Å². The molecule has 0 spiro atoms. The lowest BCUT2D eigenvalue weighted by atomic mass is 9.84. The summed E-state index contributed by atoms with van der Waals surface area (Å²) >= 11 is 0. The molecule has 190 valence electrons. The monoisotopic (exact) mass is 511 g/mol. The molecule has 0 saturated carbocycles. The molecule has 1 saturated heterocycles. The quantitative estimate of drug-likeness (QED) is 0.351. The molecule has 0 amide bonds. The maximum atomic E-state index is 5.83. The largest absolute Gasteiger partial charge is 0.379 e. The molecule has 6 rings (SSSR count). The van der Waals surface area contributed by atoms with Crippen molar-refractivity contribution in [3.05, 3.63) is 101 Å². The molecule has 1 fully saturated rings. The number of hydrogen-bond donors (Lipinski definition) is 0. The maximum absolute atomic E-state index is 5.83. The molecule has 1 atom stereocenters. The highest BCUT2D eigenvalue weighted by molar-refractivity contribution is 7.71. The summed E-state index contributed by atoms with van der Waals surface area (Å²) in [6.45, 7) is 9.78. The van der Waals surface area contributed by atoms with E-state index >= 15 is 0 Å². The number of aryl methyl sites for hydroxylation is 1. The SMILES string of the molecule is Cc1ccc(N=P2(N3CCOCC3)/C(=C3\N(C)c4ccccc4C3(C)C)C=NN2c2ccccc2)cc1. The van der Waals surface area contributed by atoms with Crippen LogP contribution in [0.15, 0.2) is 99.7 Å². The number of likely N-dealkylation sites (N-methyl/N-ethyl adjacent to an activating group) is 1. The summed E-state index contributed by atoms with van der Waals surface area (Å²) in [7, 11) is -0.380. The number of hydrazone groups is 1. The van der Waals surface area contributed by atoms with Crippen molar-refractivity contribution in [2.75, 3.05) is 43.0 Å². The lowest BCUT2D eigenvalue weighted by Gasteiger charge is -2.42. The van der Waals surface area contributed by atoms with Crippen LogP contribution in [0.3, 0.4) is 0 Å². The average Bonchev–Trinajstić information content (AvgIpc) is 3.38. The molecule has 3 aromatic rings. The van der Waals surface area contributed by atoms with Crippen molar-refractivity contribution in [1.82, 2.24) is 4.67 Å². The van der Waals surface area contributed by atoms with Crippen LogP contribution >= 0.6 is 7.36 Å². The summed E-state index contributed by atoms with van der Waals surface area (Å²) in [5.41, 5.74) is 6.92. The van der Waals surface area contributed by atoms with Crippen molar-refractivity contribution >= 4 is 30.6 Å². The van der Waals surface area contributed by atoms with E-state index in [1.165, 1.54) is 27.8 Å². The zero-order valence-corrected chi connectivity index (χ0v) is 22.9. The van der Waals surface area contributed by atoms with Crippen LogP contribution in [-0.4, -0.2) is 44.2 Å². The number of rotatable bonds is 3. The lowest BCUT2D eigenvalue weighted by molar-refractivity contribution is 0.0743. The molecule has 7 heteroatoms. The standard InChI is InChI=1S/C30H34N5OP/c1-23-14-16-24(17-15-23)32-37(34-18-20-36-21-19-34)28(22-31-35(37)25-10-6-5-7-11-25)29-30(2,3)26-12-8-9-13-27(26)33(29)4/h5-17,22H,18-21H2,1-4H3/b29-28-. The number of fused-ring (bicyclic) bond motifs is 1. The second-order valence-electron chi connectivity index (χ2n) is 10.4. The van der Waals surface area contributed by atoms with Crippen molar-refractivity contribution in [1.29, 1.82) is 0 Å². The molecular formula is C30H34N5OP. The van der Waals surface area contributed by atoms with Crippen LogP contribution in [0.5, 0.6) is 0 Å². The number of anilines is 2. The van der Waals surface area contributed by atoms with Crippen LogP contribution in [-0.2, 0) is 10.2 Å². The van der Waals surface area contributed by atoms with Gasteiger partial charge in [0.15, 0.2) is 7.36 Å². The van der Waals surface area contributed by atoms with Crippen LogP contribution in [0.2, 0.25) is 0 Å². The highest BCUT2D eigenvalue weighted by Gasteiger charge is 2.49. The molecule has 3 heterocycles. The van der Waals surface area contributed by atoms with Gasteiger partial charge in [-0.15, -0.1) is 0 Å². The Labute approximate surface area is 220 Å². The predicted molar refractivity (Wildman–Crippen MR) is 155 cm³/mol. The Morgan fingerprint density at radius 2 is 1.57 bits per heavy atom. The van der Waals surface area contributed by atoms with Crippen LogP contribution < -0.4 is 9.68 Å². The Bertz CT molecular complexity index is 1420. The van der Waals surface area contributed by atoms with Gasteiger partial charge in [0.05, 0.1) is 36.1 Å². The van der Waals surface area contributed by atoms with Gasteiger partial charge < -0.3 is 9.64 Å². The second kappa shape index (κ2) is 9.29. The Morgan fingerprint density at radius 1 is 0.892 bits per heavy atom. The van der Waals surface area contributed by atoms with Crippen LogP contribution in [0.1, 0.15) is 25.0 Å². The molecule has 0 aromatic heterocycles. The molecule has 6 nitrogen and oxygen atoms in total. The van der Waals surface area contributed by atoms with E-state index in [1.54, 1.807) is 0 Å². The third-order valence-corrected chi connectivity index (χ3v) is 11.2. The number of morpholine rings is 1. The van der Waals surface area contributed by atoms with Crippen molar-refractivity contribution < 1.29 is 4.74 Å². The second-order valence-corrected chi connectivity index (χ2v) is 13.1. The highest BCUT2D eigenvalue weighted by atomic mass is 31.2. The van der Waals surface area contributed by atoms with Crippen LogP contribution in [0, 0.1) is 6.92 Å². The molecule has 37 heavy (non-hydrogen) atoms. The van der Waals surface area contributed by atoms with Crippen LogP contribution in [0.25, 0.3) is 0 Å². The zero-order valence-electron chi connectivity index (χ0n) is 22.0. The van der Waals surface area contributed by atoms with E-state index in [4.69, 9.17) is 14.6 Å². The molecule has 3 aliphatic heterocycles. The van der Waals surface area contributed by atoms with Gasteiger partial charge in [0, 0.05) is 36.9 Å². The van der Waals surface area contributed by atoms with E-state index in [0.717, 1.165) is 24.5 Å². The normalized spacial score (nSPS) is 25.0. The molecule has 0 bridgehead atoms. The Balaban J connectivity index is 1.68. The third-order valence-electron chi connectivity index (χ3n) is 7.64.